The fraction of sp³-hybridized carbons (Fsp3) is 0.0909. The molecule has 1 rings (SSSR count). The first-order chi connectivity index (χ1) is 5.38. The molecule has 0 aliphatic carbocycles. The van der Waals surface area contributed by atoms with Crippen molar-refractivity contribution >= 4 is 0 Å². The normalized spacial score (nSPS) is 12.0. The topological polar surface area (TPSA) is 0 Å². The molecule has 55 valence electrons. The van der Waals surface area contributed by atoms with Gasteiger partial charge in [-0.3, -0.25) is 0 Å². The molecular weight excluding hydrogens is 132 g/mol. The monoisotopic (exact) mass is 143 g/mol. The van der Waals surface area contributed by atoms with Gasteiger partial charge in [-0.2, -0.15) is 0 Å². The van der Waals surface area contributed by atoms with Gasteiger partial charge in [-0.25, -0.2) is 0 Å². The summed E-state index contributed by atoms with van der Waals surface area (Å²) in [6.07, 6.45) is 3.47. The summed E-state index contributed by atoms with van der Waals surface area (Å²) in [5, 5.41) is 0. The van der Waals surface area contributed by atoms with Crippen LogP contribution in [0.15, 0.2) is 49.1 Å². The highest BCUT2D eigenvalue weighted by Crippen LogP contribution is 2.16. The minimum atomic E-state index is 0.177. The van der Waals surface area contributed by atoms with E-state index in [1.165, 1.54) is 5.56 Å². The summed E-state index contributed by atoms with van der Waals surface area (Å²) in [5.74, 6) is 0.177. The minimum Gasteiger partial charge on any atom is -0.102 e. The Bertz CT molecular complexity index is 225. The molecular formula is C11H11. The number of allylic oxidation sites excluding steroid dienone is 2. The Kier molecular flexibility index (Phi) is 2.67. The van der Waals surface area contributed by atoms with Gasteiger partial charge < -0.3 is 0 Å². The molecule has 0 amide bonds. The Balaban J connectivity index is 2.90. The maximum Gasteiger partial charge on any atom is 0.0199 e. The van der Waals surface area contributed by atoms with Crippen LogP contribution in [0.3, 0.4) is 0 Å². The highest BCUT2D eigenvalue weighted by Gasteiger charge is 1.99. The molecule has 0 aliphatic rings. The van der Waals surface area contributed by atoms with E-state index in [-0.39, 0.29) is 5.92 Å². The van der Waals surface area contributed by atoms with Gasteiger partial charge in [0.2, 0.25) is 0 Å². The maximum atomic E-state index is 5.42. The van der Waals surface area contributed by atoms with E-state index in [4.69, 9.17) is 6.58 Å². The van der Waals surface area contributed by atoms with Crippen molar-refractivity contribution in [3.05, 3.63) is 61.2 Å². The van der Waals surface area contributed by atoms with Crippen LogP contribution in [0.4, 0.5) is 0 Å². The summed E-state index contributed by atoms with van der Waals surface area (Å²) in [7, 11) is 0. The van der Waals surface area contributed by atoms with Crippen molar-refractivity contribution in [2.45, 2.75) is 5.92 Å². The molecule has 1 atom stereocenters. The summed E-state index contributed by atoms with van der Waals surface area (Å²) >= 11 is 0. The molecule has 0 aromatic heterocycles. The quantitative estimate of drug-likeness (QED) is 0.571. The first kappa shape index (κ1) is 7.80. The molecule has 1 aromatic rings. The van der Waals surface area contributed by atoms with Crippen LogP contribution < -0.4 is 0 Å². The van der Waals surface area contributed by atoms with E-state index in [0.29, 0.717) is 0 Å². The van der Waals surface area contributed by atoms with E-state index >= 15 is 0 Å². The lowest BCUT2D eigenvalue weighted by atomic mass is 10.00. The zero-order valence-corrected chi connectivity index (χ0v) is 6.40. The fourth-order valence-electron chi connectivity index (χ4n) is 1.00. The smallest absolute Gasteiger partial charge is 0.0199 e. The maximum absolute atomic E-state index is 5.42. The zero-order chi connectivity index (χ0) is 8.10. The van der Waals surface area contributed by atoms with Gasteiger partial charge in [-0.05, 0) is 5.56 Å². The summed E-state index contributed by atoms with van der Waals surface area (Å²) in [6, 6.07) is 10.1. The number of hydrogen-bond acceptors (Lipinski definition) is 0. The first-order valence-corrected chi connectivity index (χ1v) is 3.61. The third-order valence-corrected chi connectivity index (χ3v) is 1.65. The van der Waals surface area contributed by atoms with Crippen molar-refractivity contribution in [2.75, 3.05) is 0 Å². The van der Waals surface area contributed by atoms with Gasteiger partial charge >= 0.3 is 0 Å². The van der Waals surface area contributed by atoms with Gasteiger partial charge in [-0.15, -0.1) is 6.58 Å². The van der Waals surface area contributed by atoms with Gasteiger partial charge in [-0.1, -0.05) is 49.1 Å². The molecule has 0 heterocycles. The van der Waals surface area contributed by atoms with Gasteiger partial charge in [0.15, 0.2) is 0 Å². The lowest BCUT2D eigenvalue weighted by Gasteiger charge is -2.05. The van der Waals surface area contributed by atoms with E-state index < -0.39 is 0 Å². The molecule has 0 saturated carbocycles. The molecule has 0 bridgehead atoms. The number of rotatable bonds is 3. The van der Waals surface area contributed by atoms with Gasteiger partial charge in [0, 0.05) is 5.92 Å². The molecule has 0 aliphatic heterocycles. The standard InChI is InChI=1S/C11H11/c1-3-10(4-2)11-8-6-5-7-9-11/h1,3-10H,2H2. The molecule has 0 heteroatoms. The predicted octanol–water partition coefficient (Wildman–Crippen LogP) is 2.95. The predicted molar refractivity (Wildman–Crippen MR) is 48.3 cm³/mol. The van der Waals surface area contributed by atoms with Gasteiger partial charge in [0.25, 0.3) is 0 Å². The molecule has 0 nitrogen and oxygen atoms in total. The first-order valence-electron chi connectivity index (χ1n) is 3.61. The summed E-state index contributed by atoms with van der Waals surface area (Å²) in [4.78, 5) is 0. The van der Waals surface area contributed by atoms with Crippen molar-refractivity contribution in [2.24, 2.45) is 0 Å². The fourth-order valence-corrected chi connectivity index (χ4v) is 1.00. The zero-order valence-electron chi connectivity index (χ0n) is 6.40. The van der Waals surface area contributed by atoms with E-state index in [9.17, 15) is 0 Å². The van der Waals surface area contributed by atoms with Crippen molar-refractivity contribution in [3.63, 3.8) is 0 Å². The van der Waals surface area contributed by atoms with Gasteiger partial charge in [0.05, 0.1) is 0 Å². The van der Waals surface area contributed by atoms with Crippen LogP contribution in [-0.2, 0) is 0 Å². The molecule has 0 spiro atoms. The lowest BCUT2D eigenvalue weighted by Crippen LogP contribution is -1.87. The second-order valence-electron chi connectivity index (χ2n) is 2.36. The third-order valence-electron chi connectivity index (χ3n) is 1.65. The Labute approximate surface area is 67.9 Å². The molecule has 0 fully saturated rings. The van der Waals surface area contributed by atoms with Crippen molar-refractivity contribution in [3.8, 4) is 0 Å². The lowest BCUT2D eigenvalue weighted by molar-refractivity contribution is 1.09. The van der Waals surface area contributed by atoms with Crippen LogP contribution in [0.1, 0.15) is 11.5 Å². The highest BCUT2D eigenvalue weighted by molar-refractivity contribution is 5.26. The molecule has 1 aromatic carbocycles. The summed E-state index contributed by atoms with van der Waals surface area (Å²) < 4.78 is 0. The second kappa shape index (κ2) is 3.77. The largest absolute Gasteiger partial charge is 0.102 e. The van der Waals surface area contributed by atoms with Crippen molar-refractivity contribution in [1.82, 2.24) is 0 Å². The number of hydrogen-bond donors (Lipinski definition) is 0. The Hall–Kier alpha value is -1.30. The van der Waals surface area contributed by atoms with Crippen molar-refractivity contribution < 1.29 is 0 Å². The average molecular weight is 143 g/mol. The minimum absolute atomic E-state index is 0.177. The van der Waals surface area contributed by atoms with E-state index in [1.807, 2.05) is 36.4 Å². The van der Waals surface area contributed by atoms with E-state index in [2.05, 4.69) is 6.58 Å². The second-order valence-corrected chi connectivity index (χ2v) is 2.36. The Morgan fingerprint density at radius 2 is 1.91 bits per heavy atom. The summed E-state index contributed by atoms with van der Waals surface area (Å²) in [5.41, 5.74) is 1.19. The third kappa shape index (κ3) is 1.81. The Morgan fingerprint density at radius 1 is 1.27 bits per heavy atom. The van der Waals surface area contributed by atoms with Crippen LogP contribution in [0.25, 0.3) is 0 Å². The SMILES string of the molecule is [CH]=CC(C=C)c1ccccc1. The highest BCUT2D eigenvalue weighted by atomic mass is 14.0. The van der Waals surface area contributed by atoms with E-state index in [1.54, 1.807) is 6.08 Å². The summed E-state index contributed by atoms with van der Waals surface area (Å²) in [6.45, 7) is 9.12. The van der Waals surface area contributed by atoms with Crippen LogP contribution in [0.2, 0.25) is 0 Å². The average Bonchev–Trinajstić information content (AvgIpc) is 2.09. The van der Waals surface area contributed by atoms with Gasteiger partial charge in [0.1, 0.15) is 0 Å². The van der Waals surface area contributed by atoms with Crippen LogP contribution in [-0.4, -0.2) is 0 Å². The van der Waals surface area contributed by atoms with Crippen LogP contribution in [0.5, 0.6) is 0 Å². The van der Waals surface area contributed by atoms with Crippen LogP contribution >= 0.6 is 0 Å². The molecule has 1 radical (unpaired) electrons. The molecule has 0 N–H and O–H groups in total. The number of benzene rings is 1. The molecule has 11 heavy (non-hydrogen) atoms. The molecule has 1 unspecified atom stereocenters. The Morgan fingerprint density at radius 3 is 2.36 bits per heavy atom. The van der Waals surface area contributed by atoms with Crippen LogP contribution in [0, 0.1) is 6.58 Å². The van der Waals surface area contributed by atoms with E-state index in [0.717, 1.165) is 0 Å². The van der Waals surface area contributed by atoms with Crippen molar-refractivity contribution in [1.29, 1.82) is 0 Å². The molecule has 0 saturated heterocycles.